The molecule has 5 nitrogen and oxygen atoms in total. The summed E-state index contributed by atoms with van der Waals surface area (Å²) in [5.74, 6) is -0.113. The molecular formula is C27H27N3O2S. The van der Waals surface area contributed by atoms with E-state index in [1.54, 1.807) is 11.3 Å². The Morgan fingerprint density at radius 1 is 0.939 bits per heavy atom. The average molecular weight is 458 g/mol. The van der Waals surface area contributed by atoms with Crippen molar-refractivity contribution in [1.82, 2.24) is 10.3 Å². The summed E-state index contributed by atoms with van der Waals surface area (Å²) in [6.07, 6.45) is 3.16. The average Bonchev–Trinajstić information content (AvgIpc) is 3.24. The van der Waals surface area contributed by atoms with Gasteiger partial charge in [-0.25, -0.2) is 4.98 Å². The summed E-state index contributed by atoms with van der Waals surface area (Å²) >= 11 is 1.73. The van der Waals surface area contributed by atoms with E-state index in [9.17, 15) is 9.59 Å². The van der Waals surface area contributed by atoms with E-state index >= 15 is 0 Å². The topological polar surface area (TPSA) is 71.1 Å². The zero-order valence-corrected chi connectivity index (χ0v) is 19.5. The maximum atomic E-state index is 12.4. The Morgan fingerprint density at radius 3 is 2.58 bits per heavy atom. The molecule has 0 aliphatic rings. The highest BCUT2D eigenvalue weighted by molar-refractivity contribution is 7.18. The van der Waals surface area contributed by atoms with Crippen LogP contribution in [0.1, 0.15) is 45.8 Å². The Morgan fingerprint density at radius 2 is 1.76 bits per heavy atom. The van der Waals surface area contributed by atoms with E-state index in [-0.39, 0.29) is 11.8 Å². The zero-order valence-electron chi connectivity index (χ0n) is 18.6. The van der Waals surface area contributed by atoms with Gasteiger partial charge in [0.05, 0.1) is 15.2 Å². The summed E-state index contributed by atoms with van der Waals surface area (Å²) in [7, 11) is 0. The second-order valence-electron chi connectivity index (χ2n) is 8.08. The predicted octanol–water partition coefficient (Wildman–Crippen LogP) is 5.89. The Bertz CT molecular complexity index is 1210. The Hall–Kier alpha value is -3.51. The number of para-hydroxylation sites is 1. The first kappa shape index (κ1) is 22.7. The summed E-state index contributed by atoms with van der Waals surface area (Å²) < 4.78 is 1.21. The first-order valence-electron chi connectivity index (χ1n) is 11.1. The number of nitrogens with one attached hydrogen (secondary N) is 2. The molecule has 1 heterocycles. The number of hydrogen-bond acceptors (Lipinski definition) is 4. The van der Waals surface area contributed by atoms with Crippen LogP contribution in [0, 0.1) is 6.92 Å². The molecule has 33 heavy (non-hydrogen) atoms. The van der Waals surface area contributed by atoms with Crippen LogP contribution in [0.2, 0.25) is 0 Å². The standard InChI is InChI=1S/C27H27N3O2S/c1-19-13-15-21(16-14-19)27(32)29-22-8-6-7-20(17-22)18-28-25(31)11-4-5-12-26-30-23-9-2-3-10-24(23)33-26/h2-3,6-10,13-17H,4-5,11-12,18H2,1H3,(H,28,31)(H,29,32). The largest absolute Gasteiger partial charge is 0.352 e. The normalized spacial score (nSPS) is 10.8. The van der Waals surface area contributed by atoms with Crippen LogP contribution in [0.4, 0.5) is 5.69 Å². The van der Waals surface area contributed by atoms with Crippen LogP contribution in [-0.4, -0.2) is 16.8 Å². The van der Waals surface area contributed by atoms with Crippen LogP contribution in [0.15, 0.2) is 72.8 Å². The van der Waals surface area contributed by atoms with Crippen molar-refractivity contribution in [1.29, 1.82) is 0 Å². The molecule has 0 atom stereocenters. The number of anilines is 1. The van der Waals surface area contributed by atoms with Crippen molar-refractivity contribution in [3.63, 3.8) is 0 Å². The van der Waals surface area contributed by atoms with Gasteiger partial charge in [0.25, 0.3) is 5.91 Å². The molecule has 0 radical (unpaired) electrons. The summed E-state index contributed by atoms with van der Waals surface area (Å²) in [5.41, 5.74) is 4.43. The third-order valence-electron chi connectivity index (χ3n) is 5.37. The maximum Gasteiger partial charge on any atom is 0.255 e. The molecule has 6 heteroatoms. The van der Waals surface area contributed by atoms with Crippen LogP contribution in [0.25, 0.3) is 10.2 Å². The third-order valence-corrected chi connectivity index (χ3v) is 6.47. The number of aromatic nitrogens is 1. The van der Waals surface area contributed by atoms with Gasteiger partial charge < -0.3 is 10.6 Å². The quantitative estimate of drug-likeness (QED) is 0.308. The lowest BCUT2D eigenvalue weighted by molar-refractivity contribution is -0.121. The molecule has 1 aromatic heterocycles. The number of hydrogen-bond donors (Lipinski definition) is 2. The van der Waals surface area contributed by atoms with Gasteiger partial charge >= 0.3 is 0 Å². The van der Waals surface area contributed by atoms with E-state index in [2.05, 4.69) is 21.7 Å². The van der Waals surface area contributed by atoms with Gasteiger partial charge in [0, 0.05) is 24.2 Å². The van der Waals surface area contributed by atoms with Gasteiger partial charge in [0.2, 0.25) is 5.91 Å². The highest BCUT2D eigenvalue weighted by Crippen LogP contribution is 2.23. The summed E-state index contributed by atoms with van der Waals surface area (Å²) in [6, 6.07) is 23.2. The molecule has 3 aromatic carbocycles. The van der Waals surface area contributed by atoms with Crippen molar-refractivity contribution in [3.05, 3.63) is 94.5 Å². The number of benzene rings is 3. The molecule has 0 saturated carbocycles. The monoisotopic (exact) mass is 457 g/mol. The number of rotatable bonds is 9. The van der Waals surface area contributed by atoms with Crippen molar-refractivity contribution in [3.8, 4) is 0 Å². The Kier molecular flexibility index (Phi) is 7.47. The highest BCUT2D eigenvalue weighted by Gasteiger charge is 2.08. The molecule has 0 unspecified atom stereocenters. The number of aryl methyl sites for hydroxylation is 2. The fourth-order valence-corrected chi connectivity index (χ4v) is 4.55. The third kappa shape index (κ3) is 6.49. The fourth-order valence-electron chi connectivity index (χ4n) is 3.54. The fraction of sp³-hybridized carbons (Fsp3) is 0.222. The van der Waals surface area contributed by atoms with Crippen LogP contribution in [0.3, 0.4) is 0 Å². The number of carbonyl (C=O) groups excluding carboxylic acids is 2. The first-order valence-corrected chi connectivity index (χ1v) is 12.0. The van der Waals surface area contributed by atoms with E-state index in [4.69, 9.17) is 0 Å². The molecular weight excluding hydrogens is 430 g/mol. The van der Waals surface area contributed by atoms with Gasteiger partial charge in [-0.05, 0) is 68.1 Å². The minimum Gasteiger partial charge on any atom is -0.352 e. The van der Waals surface area contributed by atoms with Crippen molar-refractivity contribution in [2.75, 3.05) is 5.32 Å². The molecule has 4 aromatic rings. The molecule has 0 spiro atoms. The zero-order chi connectivity index (χ0) is 23.0. The predicted molar refractivity (Wildman–Crippen MR) is 135 cm³/mol. The minimum absolute atomic E-state index is 0.0355. The summed E-state index contributed by atoms with van der Waals surface area (Å²) in [4.78, 5) is 29.3. The SMILES string of the molecule is Cc1ccc(C(=O)Nc2cccc(CNC(=O)CCCCc3nc4ccccc4s3)c2)cc1. The van der Waals surface area contributed by atoms with Crippen molar-refractivity contribution >= 4 is 39.1 Å². The molecule has 0 aliphatic heterocycles. The summed E-state index contributed by atoms with van der Waals surface area (Å²) in [6.45, 7) is 2.42. The van der Waals surface area contributed by atoms with Gasteiger partial charge in [-0.1, -0.05) is 42.0 Å². The van der Waals surface area contributed by atoms with Gasteiger partial charge in [-0.3, -0.25) is 9.59 Å². The molecule has 2 N–H and O–H groups in total. The highest BCUT2D eigenvalue weighted by atomic mass is 32.1. The second kappa shape index (κ2) is 10.9. The second-order valence-corrected chi connectivity index (χ2v) is 9.19. The molecule has 0 fully saturated rings. The number of thiazole rings is 1. The molecule has 168 valence electrons. The number of carbonyl (C=O) groups is 2. The number of fused-ring (bicyclic) bond motifs is 1. The Labute approximate surface area is 197 Å². The maximum absolute atomic E-state index is 12.4. The van der Waals surface area contributed by atoms with E-state index in [0.717, 1.165) is 40.9 Å². The van der Waals surface area contributed by atoms with E-state index < -0.39 is 0 Å². The minimum atomic E-state index is -0.149. The van der Waals surface area contributed by atoms with Gasteiger partial charge in [0.1, 0.15) is 0 Å². The van der Waals surface area contributed by atoms with E-state index in [1.165, 1.54) is 4.70 Å². The molecule has 0 bridgehead atoms. The molecule has 0 saturated heterocycles. The first-order chi connectivity index (χ1) is 16.1. The summed E-state index contributed by atoms with van der Waals surface area (Å²) in [5, 5.41) is 7.02. The molecule has 4 rings (SSSR count). The lowest BCUT2D eigenvalue weighted by atomic mass is 10.1. The van der Waals surface area contributed by atoms with E-state index in [1.807, 2.05) is 73.7 Å². The molecule has 2 amide bonds. The number of unbranched alkanes of at least 4 members (excludes halogenated alkanes) is 1. The lowest BCUT2D eigenvalue weighted by Crippen LogP contribution is -2.22. The molecule has 0 aliphatic carbocycles. The van der Waals surface area contributed by atoms with Crippen LogP contribution >= 0.6 is 11.3 Å². The van der Waals surface area contributed by atoms with Gasteiger partial charge in [0.15, 0.2) is 0 Å². The number of nitrogens with zero attached hydrogens (tertiary/aromatic N) is 1. The van der Waals surface area contributed by atoms with Crippen molar-refractivity contribution in [2.24, 2.45) is 0 Å². The lowest BCUT2D eigenvalue weighted by Gasteiger charge is -2.09. The van der Waals surface area contributed by atoms with Crippen molar-refractivity contribution in [2.45, 2.75) is 39.2 Å². The smallest absolute Gasteiger partial charge is 0.255 e. The van der Waals surface area contributed by atoms with Crippen LogP contribution in [0.5, 0.6) is 0 Å². The van der Waals surface area contributed by atoms with E-state index in [0.29, 0.717) is 24.2 Å². The van der Waals surface area contributed by atoms with Gasteiger partial charge in [-0.15, -0.1) is 11.3 Å². The van der Waals surface area contributed by atoms with Crippen molar-refractivity contribution < 1.29 is 9.59 Å². The van der Waals surface area contributed by atoms with Crippen LogP contribution < -0.4 is 10.6 Å². The number of amides is 2. The van der Waals surface area contributed by atoms with Crippen LogP contribution in [-0.2, 0) is 17.8 Å². The van der Waals surface area contributed by atoms with Gasteiger partial charge in [-0.2, -0.15) is 0 Å². The Balaban J connectivity index is 1.19.